The molecule has 0 atom stereocenters. The largest absolute Gasteiger partial charge is 0.478 e. The van der Waals surface area contributed by atoms with Gasteiger partial charge in [0.05, 0.1) is 11.3 Å². The minimum absolute atomic E-state index is 0.0415. The van der Waals surface area contributed by atoms with E-state index in [1.807, 2.05) is 23.9 Å². The van der Waals surface area contributed by atoms with Crippen LogP contribution in [0.15, 0.2) is 53.5 Å². The van der Waals surface area contributed by atoms with Crippen LogP contribution in [-0.2, 0) is 6.54 Å². The fraction of sp³-hybridized carbons (Fsp3) is 0.375. The molecule has 168 valence electrons. The highest BCUT2D eigenvalue weighted by molar-refractivity contribution is 5.87. The Labute approximate surface area is 187 Å². The highest BCUT2D eigenvalue weighted by Crippen LogP contribution is 2.16. The van der Waals surface area contributed by atoms with E-state index in [2.05, 4.69) is 27.8 Å². The predicted octanol–water partition coefficient (Wildman–Crippen LogP) is 2.56. The number of pyridine rings is 1. The molecule has 3 aromatic rings. The lowest BCUT2D eigenvalue weighted by atomic mass is 10.2. The normalized spacial score (nSPS) is 14.6. The number of rotatable bonds is 7. The first kappa shape index (κ1) is 21.8. The molecule has 1 aliphatic heterocycles. The molecule has 1 aliphatic rings. The molecule has 1 N–H and O–H groups in total. The first-order chi connectivity index (χ1) is 15.4. The molecule has 3 heterocycles. The number of nitrogens with zero attached hydrogens (tertiary/aromatic N) is 5. The standard InChI is InChI=1S/C24H29N5O3/c1-18-8-9-25-22(16-18)27-14-12-26(13-15-27)10-3-11-28-23(30)17-19(2)29(28)21-6-4-20(5-7-21)24(31)32/h4-9,16-17H,3,10-15H2,1-2H3,(H,31,32). The van der Waals surface area contributed by atoms with Crippen molar-refractivity contribution in [3.05, 3.63) is 75.8 Å². The second-order valence-electron chi connectivity index (χ2n) is 8.28. The summed E-state index contributed by atoms with van der Waals surface area (Å²) in [7, 11) is 0. The first-order valence-electron chi connectivity index (χ1n) is 11.0. The van der Waals surface area contributed by atoms with E-state index in [1.54, 1.807) is 35.0 Å². The maximum Gasteiger partial charge on any atom is 0.335 e. The van der Waals surface area contributed by atoms with Gasteiger partial charge in [-0.3, -0.25) is 14.4 Å². The molecule has 1 aromatic carbocycles. The van der Waals surface area contributed by atoms with Crippen LogP contribution in [0.1, 0.15) is 28.0 Å². The Hall–Kier alpha value is -3.39. The number of carbonyl (C=O) groups is 1. The molecule has 0 amide bonds. The minimum Gasteiger partial charge on any atom is -0.478 e. The van der Waals surface area contributed by atoms with Crippen molar-refractivity contribution in [3.8, 4) is 5.69 Å². The van der Waals surface area contributed by atoms with Crippen LogP contribution in [0.5, 0.6) is 0 Å². The zero-order chi connectivity index (χ0) is 22.7. The van der Waals surface area contributed by atoms with Crippen LogP contribution in [0.25, 0.3) is 5.69 Å². The molecule has 32 heavy (non-hydrogen) atoms. The second kappa shape index (κ2) is 9.40. The van der Waals surface area contributed by atoms with Gasteiger partial charge in [-0.15, -0.1) is 0 Å². The maximum atomic E-state index is 12.5. The van der Waals surface area contributed by atoms with Gasteiger partial charge in [-0.1, -0.05) is 0 Å². The van der Waals surface area contributed by atoms with Crippen molar-refractivity contribution in [2.24, 2.45) is 0 Å². The second-order valence-corrected chi connectivity index (χ2v) is 8.28. The average molecular weight is 436 g/mol. The van der Waals surface area contributed by atoms with Crippen LogP contribution in [0.3, 0.4) is 0 Å². The average Bonchev–Trinajstić information content (AvgIpc) is 3.07. The van der Waals surface area contributed by atoms with Crippen molar-refractivity contribution < 1.29 is 9.90 Å². The fourth-order valence-electron chi connectivity index (χ4n) is 4.24. The van der Waals surface area contributed by atoms with Gasteiger partial charge in [0.25, 0.3) is 5.56 Å². The lowest BCUT2D eigenvalue weighted by molar-refractivity contribution is 0.0697. The van der Waals surface area contributed by atoms with Crippen LogP contribution < -0.4 is 10.5 Å². The lowest BCUT2D eigenvalue weighted by Gasteiger charge is -2.35. The molecule has 8 nitrogen and oxygen atoms in total. The van der Waals surface area contributed by atoms with Crippen LogP contribution in [-0.4, -0.2) is 63.0 Å². The summed E-state index contributed by atoms with van der Waals surface area (Å²) in [6, 6.07) is 12.4. The van der Waals surface area contributed by atoms with Crippen LogP contribution in [0.4, 0.5) is 5.82 Å². The highest BCUT2D eigenvalue weighted by Gasteiger charge is 2.18. The molecule has 0 radical (unpaired) electrons. The molecular weight excluding hydrogens is 406 g/mol. The zero-order valence-electron chi connectivity index (χ0n) is 18.6. The van der Waals surface area contributed by atoms with Gasteiger partial charge < -0.3 is 10.0 Å². The Morgan fingerprint density at radius 2 is 1.72 bits per heavy atom. The van der Waals surface area contributed by atoms with E-state index in [4.69, 9.17) is 5.11 Å². The molecular formula is C24H29N5O3. The smallest absolute Gasteiger partial charge is 0.335 e. The molecule has 0 spiro atoms. The van der Waals surface area contributed by atoms with Crippen molar-refractivity contribution in [1.29, 1.82) is 0 Å². The molecule has 0 bridgehead atoms. The maximum absolute atomic E-state index is 12.5. The van der Waals surface area contributed by atoms with E-state index in [-0.39, 0.29) is 11.1 Å². The minimum atomic E-state index is -0.962. The van der Waals surface area contributed by atoms with E-state index in [9.17, 15) is 9.59 Å². The summed E-state index contributed by atoms with van der Waals surface area (Å²) in [5.74, 6) is 0.0786. The molecule has 1 saturated heterocycles. The van der Waals surface area contributed by atoms with Gasteiger partial charge in [-0.2, -0.15) is 0 Å². The van der Waals surface area contributed by atoms with Gasteiger partial charge in [-0.05, 0) is 62.2 Å². The number of benzene rings is 1. The monoisotopic (exact) mass is 435 g/mol. The Bertz CT molecular complexity index is 1140. The molecule has 0 unspecified atom stereocenters. The highest BCUT2D eigenvalue weighted by atomic mass is 16.4. The predicted molar refractivity (Wildman–Crippen MR) is 124 cm³/mol. The summed E-state index contributed by atoms with van der Waals surface area (Å²) >= 11 is 0. The molecule has 1 fully saturated rings. The number of anilines is 1. The third-order valence-corrected chi connectivity index (χ3v) is 5.96. The van der Waals surface area contributed by atoms with E-state index in [0.29, 0.717) is 6.54 Å². The van der Waals surface area contributed by atoms with E-state index in [0.717, 1.165) is 56.3 Å². The van der Waals surface area contributed by atoms with Crippen molar-refractivity contribution in [2.45, 2.75) is 26.8 Å². The van der Waals surface area contributed by atoms with E-state index in [1.165, 1.54) is 5.56 Å². The summed E-state index contributed by atoms with van der Waals surface area (Å²) in [6.45, 7) is 9.34. The fourth-order valence-corrected chi connectivity index (χ4v) is 4.24. The van der Waals surface area contributed by atoms with Crippen LogP contribution >= 0.6 is 0 Å². The molecule has 8 heteroatoms. The summed E-state index contributed by atoms with van der Waals surface area (Å²) in [6.07, 6.45) is 2.72. The molecule has 4 rings (SSSR count). The number of carboxylic acids is 1. The Morgan fingerprint density at radius 1 is 1.00 bits per heavy atom. The third-order valence-electron chi connectivity index (χ3n) is 5.96. The van der Waals surface area contributed by atoms with Gasteiger partial charge in [0.15, 0.2) is 0 Å². The quantitative estimate of drug-likeness (QED) is 0.614. The number of hydrogen-bond acceptors (Lipinski definition) is 5. The Balaban J connectivity index is 1.36. The van der Waals surface area contributed by atoms with Crippen molar-refractivity contribution in [1.82, 2.24) is 19.2 Å². The van der Waals surface area contributed by atoms with Crippen LogP contribution in [0, 0.1) is 13.8 Å². The Kier molecular flexibility index (Phi) is 6.41. The van der Waals surface area contributed by atoms with Gasteiger partial charge in [0.2, 0.25) is 0 Å². The number of piperazine rings is 1. The summed E-state index contributed by atoms with van der Waals surface area (Å²) in [4.78, 5) is 32.9. The van der Waals surface area contributed by atoms with E-state index >= 15 is 0 Å². The van der Waals surface area contributed by atoms with E-state index < -0.39 is 5.97 Å². The SMILES string of the molecule is Cc1ccnc(N2CCN(CCCn3c(=O)cc(C)n3-c3ccc(C(=O)O)cc3)CC2)c1. The summed E-state index contributed by atoms with van der Waals surface area (Å²) in [5.41, 5.74) is 3.03. The van der Waals surface area contributed by atoms with Gasteiger partial charge in [-0.25, -0.2) is 14.5 Å². The molecule has 2 aromatic heterocycles. The van der Waals surface area contributed by atoms with Crippen molar-refractivity contribution in [2.75, 3.05) is 37.6 Å². The molecule has 0 aliphatic carbocycles. The summed E-state index contributed by atoms with van der Waals surface area (Å²) in [5, 5.41) is 9.12. The zero-order valence-corrected chi connectivity index (χ0v) is 18.6. The topological polar surface area (TPSA) is 83.6 Å². The van der Waals surface area contributed by atoms with Gasteiger partial charge in [0, 0.05) is 57.2 Å². The number of aromatic carboxylic acids is 1. The molecule has 0 saturated carbocycles. The summed E-state index contributed by atoms with van der Waals surface area (Å²) < 4.78 is 3.60. The van der Waals surface area contributed by atoms with Crippen LogP contribution in [0.2, 0.25) is 0 Å². The van der Waals surface area contributed by atoms with Crippen molar-refractivity contribution in [3.63, 3.8) is 0 Å². The number of carboxylic acid groups (broad SMARTS) is 1. The Morgan fingerprint density at radius 3 is 2.38 bits per heavy atom. The number of aromatic nitrogens is 3. The van der Waals surface area contributed by atoms with Crippen molar-refractivity contribution >= 4 is 11.8 Å². The van der Waals surface area contributed by atoms with Gasteiger partial charge in [0.1, 0.15) is 5.82 Å². The lowest BCUT2D eigenvalue weighted by Crippen LogP contribution is -2.47. The third kappa shape index (κ3) is 4.75. The first-order valence-corrected chi connectivity index (χ1v) is 11.0. The number of aryl methyl sites for hydroxylation is 2. The van der Waals surface area contributed by atoms with Gasteiger partial charge >= 0.3 is 5.97 Å². The number of hydrogen-bond donors (Lipinski definition) is 1.